The Morgan fingerprint density at radius 3 is 1.78 bits per heavy atom. The van der Waals surface area contributed by atoms with Crippen molar-refractivity contribution in [3.63, 3.8) is 0 Å². The highest BCUT2D eigenvalue weighted by Gasteiger charge is 2.23. The van der Waals surface area contributed by atoms with Gasteiger partial charge in [0, 0.05) is 27.5 Å². The quantitative estimate of drug-likeness (QED) is 0.194. The van der Waals surface area contributed by atoms with E-state index in [9.17, 15) is 0 Å². The number of fused-ring (bicyclic) bond motifs is 6. The van der Waals surface area contributed by atoms with E-state index in [0.29, 0.717) is 5.84 Å². The number of benzene rings is 9. The third-order valence-corrected chi connectivity index (χ3v) is 10.9. The van der Waals surface area contributed by atoms with Gasteiger partial charge in [0.1, 0.15) is 23.2 Å². The van der Waals surface area contributed by atoms with Crippen molar-refractivity contribution >= 4 is 65.9 Å². The van der Waals surface area contributed by atoms with Gasteiger partial charge in [-0.05, 0) is 91.0 Å². The first-order valence-electron chi connectivity index (χ1n) is 18.7. The van der Waals surface area contributed by atoms with Crippen LogP contribution in [0.5, 0.6) is 0 Å². The highest BCUT2D eigenvalue weighted by Crippen LogP contribution is 2.42. The monoisotopic (exact) mass is 703 g/mol. The lowest BCUT2D eigenvalue weighted by atomic mass is 9.93. The number of aliphatic imine (C=N–C) groups is 2. The van der Waals surface area contributed by atoms with Crippen LogP contribution in [0.3, 0.4) is 0 Å². The number of para-hydroxylation sites is 1. The van der Waals surface area contributed by atoms with Crippen molar-refractivity contribution in [3.8, 4) is 22.3 Å². The number of amidine groups is 2. The van der Waals surface area contributed by atoms with Crippen LogP contribution in [0.1, 0.15) is 22.9 Å². The zero-order valence-electron chi connectivity index (χ0n) is 29.8. The molecule has 0 saturated carbocycles. The molecule has 2 heterocycles. The highest BCUT2D eigenvalue weighted by molar-refractivity contribution is 6.18. The van der Waals surface area contributed by atoms with Crippen molar-refractivity contribution in [1.29, 1.82) is 0 Å². The van der Waals surface area contributed by atoms with E-state index in [4.69, 9.17) is 14.4 Å². The molecule has 258 valence electrons. The second-order valence-corrected chi connectivity index (χ2v) is 14.2. The lowest BCUT2D eigenvalue weighted by Crippen LogP contribution is -2.33. The molecule has 9 aromatic carbocycles. The van der Waals surface area contributed by atoms with Crippen LogP contribution in [0.4, 0.5) is 0 Å². The SMILES string of the molecule is c1cc(C2=NC(c3ccc4ccccc4c3)=NC(c3ccc4ccccc4c3)N2)cc(-c2ccc(-c3ccc4ccccc4c3)c3oc4ccccc4c23)c1. The normalized spacial score (nSPS) is 14.4. The molecular formula is C51H33N3O. The number of hydrogen-bond donors (Lipinski definition) is 1. The molecule has 0 aliphatic carbocycles. The fraction of sp³-hybridized carbons (Fsp3) is 0.0196. The molecule has 1 aliphatic rings. The number of hydrogen-bond acceptors (Lipinski definition) is 4. The Labute approximate surface area is 317 Å². The Morgan fingerprint density at radius 1 is 0.436 bits per heavy atom. The van der Waals surface area contributed by atoms with Crippen LogP contribution in [-0.2, 0) is 0 Å². The van der Waals surface area contributed by atoms with Gasteiger partial charge in [-0.15, -0.1) is 0 Å². The van der Waals surface area contributed by atoms with Gasteiger partial charge in [-0.1, -0.05) is 152 Å². The van der Waals surface area contributed by atoms with Gasteiger partial charge in [0.15, 0.2) is 5.84 Å². The standard InChI is InChI=1S/C51H33N3O/c1-4-13-35-28-39(23-20-32(35)10-1)44-27-26-43(47-45-18-7-8-19-46(45)55-48(44)47)38-16-9-17-40(31-38)49-52-50(41-24-21-33-11-2-5-14-36(33)29-41)54-51(53-49)42-25-22-34-12-3-6-15-37(34)30-42/h1-31,50H,(H,52,53,54). The number of furan rings is 1. The summed E-state index contributed by atoms with van der Waals surface area (Å²) in [5, 5.41) is 13.1. The van der Waals surface area contributed by atoms with Crippen LogP contribution in [0.25, 0.3) is 76.5 Å². The highest BCUT2D eigenvalue weighted by atomic mass is 16.3. The zero-order chi connectivity index (χ0) is 36.3. The average molecular weight is 704 g/mol. The molecule has 4 nitrogen and oxygen atoms in total. The van der Waals surface area contributed by atoms with Crippen molar-refractivity contribution in [3.05, 3.63) is 205 Å². The molecule has 0 bridgehead atoms. The molecule has 1 aliphatic heterocycles. The Hall–Kier alpha value is -7.30. The second-order valence-electron chi connectivity index (χ2n) is 14.2. The Morgan fingerprint density at radius 2 is 1.02 bits per heavy atom. The molecule has 0 spiro atoms. The number of nitrogens with zero attached hydrogens (tertiary/aromatic N) is 2. The van der Waals surface area contributed by atoms with Gasteiger partial charge in [0.2, 0.25) is 0 Å². The van der Waals surface area contributed by atoms with E-state index in [2.05, 4.69) is 187 Å². The molecule has 1 aromatic heterocycles. The summed E-state index contributed by atoms with van der Waals surface area (Å²) in [5.74, 6) is 1.48. The molecule has 0 radical (unpaired) electrons. The van der Waals surface area contributed by atoms with Crippen molar-refractivity contribution in [2.45, 2.75) is 6.17 Å². The lowest BCUT2D eigenvalue weighted by molar-refractivity contribution is 0.670. The molecule has 11 rings (SSSR count). The predicted octanol–water partition coefficient (Wildman–Crippen LogP) is 12.9. The first-order chi connectivity index (χ1) is 27.2. The molecular weight excluding hydrogens is 671 g/mol. The number of rotatable bonds is 5. The Bertz CT molecular complexity index is 3210. The summed E-state index contributed by atoms with van der Waals surface area (Å²) in [6, 6.07) is 66.5. The molecule has 1 N–H and O–H groups in total. The van der Waals surface area contributed by atoms with Crippen LogP contribution in [0, 0.1) is 0 Å². The minimum atomic E-state index is -0.326. The van der Waals surface area contributed by atoms with Gasteiger partial charge in [0.25, 0.3) is 0 Å². The molecule has 0 amide bonds. The van der Waals surface area contributed by atoms with Gasteiger partial charge in [-0.2, -0.15) is 0 Å². The molecule has 55 heavy (non-hydrogen) atoms. The van der Waals surface area contributed by atoms with Gasteiger partial charge in [-0.25, -0.2) is 9.98 Å². The Balaban J connectivity index is 1.05. The fourth-order valence-electron chi connectivity index (χ4n) is 8.09. The maximum absolute atomic E-state index is 6.69. The molecule has 0 fully saturated rings. The average Bonchev–Trinajstić information content (AvgIpc) is 3.65. The molecule has 10 aromatic rings. The minimum absolute atomic E-state index is 0.326. The van der Waals surface area contributed by atoms with E-state index in [0.717, 1.165) is 72.1 Å². The summed E-state index contributed by atoms with van der Waals surface area (Å²) in [7, 11) is 0. The molecule has 1 unspecified atom stereocenters. The van der Waals surface area contributed by atoms with E-state index in [-0.39, 0.29) is 6.17 Å². The van der Waals surface area contributed by atoms with E-state index in [1.165, 1.54) is 26.9 Å². The van der Waals surface area contributed by atoms with Gasteiger partial charge in [0.05, 0.1) is 0 Å². The maximum atomic E-state index is 6.69. The summed E-state index contributed by atoms with van der Waals surface area (Å²) < 4.78 is 6.69. The third kappa shape index (κ3) is 5.46. The Kier molecular flexibility index (Phi) is 7.20. The van der Waals surface area contributed by atoms with Crippen LogP contribution < -0.4 is 5.32 Å². The van der Waals surface area contributed by atoms with Crippen molar-refractivity contribution < 1.29 is 4.42 Å². The van der Waals surface area contributed by atoms with Gasteiger partial charge in [-0.3, -0.25) is 0 Å². The predicted molar refractivity (Wildman–Crippen MR) is 229 cm³/mol. The first-order valence-corrected chi connectivity index (χ1v) is 18.7. The van der Waals surface area contributed by atoms with Crippen LogP contribution in [-0.4, -0.2) is 11.7 Å². The summed E-state index contributed by atoms with van der Waals surface area (Å²) in [5.41, 5.74) is 9.19. The third-order valence-electron chi connectivity index (χ3n) is 10.9. The van der Waals surface area contributed by atoms with Crippen molar-refractivity contribution in [1.82, 2.24) is 5.32 Å². The molecule has 1 atom stereocenters. The van der Waals surface area contributed by atoms with Crippen molar-refractivity contribution in [2.75, 3.05) is 0 Å². The smallest absolute Gasteiger partial charge is 0.159 e. The van der Waals surface area contributed by atoms with E-state index < -0.39 is 0 Å². The molecule has 0 saturated heterocycles. The molecule has 4 heteroatoms. The summed E-state index contributed by atoms with van der Waals surface area (Å²) in [6.45, 7) is 0. The van der Waals surface area contributed by atoms with Gasteiger partial charge >= 0.3 is 0 Å². The second kappa shape index (κ2) is 12.7. The van der Waals surface area contributed by atoms with E-state index in [1.54, 1.807) is 0 Å². The summed E-state index contributed by atoms with van der Waals surface area (Å²) >= 11 is 0. The van der Waals surface area contributed by atoms with E-state index >= 15 is 0 Å². The lowest BCUT2D eigenvalue weighted by Gasteiger charge is -2.24. The maximum Gasteiger partial charge on any atom is 0.159 e. The van der Waals surface area contributed by atoms with Gasteiger partial charge < -0.3 is 9.73 Å². The summed E-state index contributed by atoms with van der Waals surface area (Å²) in [4.78, 5) is 10.4. The fourth-order valence-corrected chi connectivity index (χ4v) is 8.09. The van der Waals surface area contributed by atoms with Crippen LogP contribution in [0.15, 0.2) is 202 Å². The minimum Gasteiger partial charge on any atom is -0.455 e. The topological polar surface area (TPSA) is 49.9 Å². The number of nitrogens with one attached hydrogen (secondary N) is 1. The summed E-state index contributed by atoms with van der Waals surface area (Å²) in [6.07, 6.45) is -0.326. The largest absolute Gasteiger partial charge is 0.455 e. The zero-order valence-corrected chi connectivity index (χ0v) is 29.8. The van der Waals surface area contributed by atoms with Crippen LogP contribution in [0.2, 0.25) is 0 Å². The van der Waals surface area contributed by atoms with Crippen molar-refractivity contribution in [2.24, 2.45) is 9.98 Å². The first kappa shape index (κ1) is 31.2. The van der Waals surface area contributed by atoms with E-state index in [1.807, 2.05) is 6.07 Å². The van der Waals surface area contributed by atoms with Crippen LogP contribution >= 0.6 is 0 Å².